The lowest BCUT2D eigenvalue weighted by Crippen LogP contribution is -2.30. The molecule has 6 heteroatoms. The van der Waals surface area contributed by atoms with Crippen molar-refractivity contribution >= 4 is 15.9 Å². The van der Waals surface area contributed by atoms with Crippen LogP contribution in [0.25, 0.3) is 0 Å². The Morgan fingerprint density at radius 1 is 0.903 bits per heavy atom. The maximum absolute atomic E-state index is 13.0. The van der Waals surface area contributed by atoms with Crippen LogP contribution in [0, 0.1) is 13.8 Å². The van der Waals surface area contributed by atoms with Crippen molar-refractivity contribution in [2.24, 2.45) is 0 Å². The van der Waals surface area contributed by atoms with Crippen molar-refractivity contribution in [2.75, 3.05) is 6.54 Å². The van der Waals surface area contributed by atoms with Crippen LogP contribution < -0.4 is 5.32 Å². The van der Waals surface area contributed by atoms with Crippen LogP contribution >= 0.6 is 0 Å². The van der Waals surface area contributed by atoms with Gasteiger partial charge in [-0.2, -0.15) is 4.31 Å². The first kappa shape index (κ1) is 22.7. The molecule has 0 aliphatic carbocycles. The number of amides is 1. The van der Waals surface area contributed by atoms with Gasteiger partial charge in [-0.15, -0.1) is 0 Å². The summed E-state index contributed by atoms with van der Waals surface area (Å²) in [4.78, 5) is 12.8. The summed E-state index contributed by atoms with van der Waals surface area (Å²) < 4.78 is 27.4. The predicted molar refractivity (Wildman–Crippen MR) is 123 cm³/mol. The van der Waals surface area contributed by atoms with Crippen LogP contribution in [0.3, 0.4) is 0 Å². The Morgan fingerprint density at radius 2 is 1.55 bits per heavy atom. The smallest absolute Gasteiger partial charge is 0.251 e. The van der Waals surface area contributed by atoms with Crippen molar-refractivity contribution in [3.05, 3.63) is 101 Å². The van der Waals surface area contributed by atoms with E-state index in [1.807, 2.05) is 45.0 Å². The first-order valence-electron chi connectivity index (χ1n) is 10.3. The molecule has 0 fully saturated rings. The fourth-order valence-corrected chi connectivity index (χ4v) is 4.71. The highest BCUT2D eigenvalue weighted by atomic mass is 32.2. The lowest BCUT2D eigenvalue weighted by molar-refractivity contribution is 0.0951. The van der Waals surface area contributed by atoms with Crippen molar-refractivity contribution in [2.45, 2.75) is 38.8 Å². The van der Waals surface area contributed by atoms with Gasteiger partial charge in [0.1, 0.15) is 0 Å². The fraction of sp³-hybridized carbons (Fsp3) is 0.240. The zero-order chi connectivity index (χ0) is 22.4. The Morgan fingerprint density at radius 3 is 2.16 bits per heavy atom. The predicted octanol–water partition coefficient (Wildman–Crippen LogP) is 4.44. The normalized spacial score (nSPS) is 11.5. The minimum Gasteiger partial charge on any atom is -0.348 e. The van der Waals surface area contributed by atoms with Gasteiger partial charge in [0, 0.05) is 25.2 Å². The highest BCUT2D eigenvalue weighted by Gasteiger charge is 2.23. The average molecular weight is 437 g/mol. The quantitative estimate of drug-likeness (QED) is 0.568. The van der Waals surface area contributed by atoms with Crippen LogP contribution in [0.2, 0.25) is 0 Å². The zero-order valence-electron chi connectivity index (χ0n) is 18.1. The Labute approximate surface area is 184 Å². The molecule has 162 valence electrons. The molecule has 0 bridgehead atoms. The minimum absolute atomic E-state index is 0.158. The summed E-state index contributed by atoms with van der Waals surface area (Å²) in [5, 5.41) is 2.93. The molecular formula is C25H28N2O3S. The standard InChI is InChI=1S/C25H28N2O3S/c1-4-27(31(29,30)24-15-9-19(2)10-16-24)18-21-11-13-22(14-12-21)25(28)26-17-23-8-6-5-7-20(23)3/h5-16H,4,17-18H2,1-3H3,(H,26,28). The topological polar surface area (TPSA) is 66.5 Å². The van der Waals surface area contributed by atoms with Crippen molar-refractivity contribution < 1.29 is 13.2 Å². The van der Waals surface area contributed by atoms with Gasteiger partial charge in [-0.25, -0.2) is 8.42 Å². The van der Waals surface area contributed by atoms with Crippen LogP contribution in [-0.4, -0.2) is 25.2 Å². The Bertz CT molecular complexity index is 1140. The Balaban J connectivity index is 1.66. The van der Waals surface area contributed by atoms with E-state index in [0.717, 1.165) is 22.3 Å². The highest BCUT2D eigenvalue weighted by Crippen LogP contribution is 2.19. The largest absolute Gasteiger partial charge is 0.348 e. The molecule has 0 radical (unpaired) electrons. The molecule has 0 aromatic heterocycles. The molecule has 0 heterocycles. The Kier molecular flexibility index (Phi) is 7.25. The molecule has 0 aliphatic heterocycles. The molecule has 0 saturated heterocycles. The van der Waals surface area contributed by atoms with Crippen molar-refractivity contribution in [3.8, 4) is 0 Å². The summed E-state index contributed by atoms with van der Waals surface area (Å²) in [6.07, 6.45) is 0. The first-order chi connectivity index (χ1) is 14.8. The number of nitrogens with one attached hydrogen (secondary N) is 1. The summed E-state index contributed by atoms with van der Waals surface area (Å²) in [5.41, 5.74) is 4.59. The van der Waals surface area contributed by atoms with Crippen LogP contribution in [0.1, 0.15) is 39.5 Å². The zero-order valence-corrected chi connectivity index (χ0v) is 18.9. The van der Waals surface area contributed by atoms with E-state index < -0.39 is 10.0 Å². The number of benzene rings is 3. The van der Waals surface area contributed by atoms with Crippen LogP contribution in [-0.2, 0) is 23.1 Å². The molecule has 0 atom stereocenters. The molecule has 0 unspecified atom stereocenters. The minimum atomic E-state index is -3.58. The second-order valence-electron chi connectivity index (χ2n) is 7.55. The number of carbonyl (C=O) groups excluding carboxylic acids is 1. The number of hydrogen-bond acceptors (Lipinski definition) is 3. The van der Waals surface area contributed by atoms with Gasteiger partial charge in [0.2, 0.25) is 10.0 Å². The van der Waals surface area contributed by atoms with E-state index in [9.17, 15) is 13.2 Å². The van der Waals surface area contributed by atoms with E-state index in [2.05, 4.69) is 5.32 Å². The lowest BCUT2D eigenvalue weighted by atomic mass is 10.1. The van der Waals surface area contributed by atoms with Crippen molar-refractivity contribution in [3.63, 3.8) is 0 Å². The first-order valence-corrected chi connectivity index (χ1v) is 11.7. The third kappa shape index (κ3) is 5.60. The summed E-state index contributed by atoms with van der Waals surface area (Å²) in [7, 11) is -3.58. The van der Waals surface area contributed by atoms with Crippen LogP contribution in [0.5, 0.6) is 0 Å². The van der Waals surface area contributed by atoms with Crippen LogP contribution in [0.15, 0.2) is 77.7 Å². The molecule has 3 aromatic rings. The third-order valence-corrected chi connectivity index (χ3v) is 7.22. The van der Waals surface area contributed by atoms with Gasteiger partial charge in [0.25, 0.3) is 5.91 Å². The molecule has 0 spiro atoms. The molecule has 0 aliphatic rings. The van der Waals surface area contributed by atoms with Gasteiger partial charge in [0.05, 0.1) is 4.90 Å². The summed E-state index contributed by atoms with van der Waals surface area (Å²) in [6, 6.07) is 21.9. The maximum Gasteiger partial charge on any atom is 0.251 e. The summed E-state index contributed by atoms with van der Waals surface area (Å²) in [6.45, 7) is 6.82. The van der Waals surface area contributed by atoms with E-state index in [1.165, 1.54) is 4.31 Å². The second kappa shape index (κ2) is 9.90. The Hall–Kier alpha value is -2.96. The maximum atomic E-state index is 13.0. The van der Waals surface area contributed by atoms with Gasteiger partial charge in [-0.05, 0) is 54.8 Å². The van der Waals surface area contributed by atoms with E-state index in [4.69, 9.17) is 0 Å². The molecule has 31 heavy (non-hydrogen) atoms. The SMILES string of the molecule is CCN(Cc1ccc(C(=O)NCc2ccccc2C)cc1)S(=O)(=O)c1ccc(C)cc1. The highest BCUT2D eigenvalue weighted by molar-refractivity contribution is 7.89. The van der Waals surface area contributed by atoms with E-state index >= 15 is 0 Å². The molecule has 3 rings (SSSR count). The number of hydrogen-bond donors (Lipinski definition) is 1. The van der Waals surface area contributed by atoms with Gasteiger partial charge in [-0.1, -0.05) is 61.0 Å². The molecule has 5 nitrogen and oxygen atoms in total. The number of rotatable bonds is 8. The molecule has 0 saturated carbocycles. The van der Waals surface area contributed by atoms with Crippen molar-refractivity contribution in [1.29, 1.82) is 0 Å². The molecule has 1 amide bonds. The summed E-state index contributed by atoms with van der Waals surface area (Å²) >= 11 is 0. The lowest BCUT2D eigenvalue weighted by Gasteiger charge is -2.21. The molecule has 1 N–H and O–H groups in total. The third-order valence-electron chi connectivity index (χ3n) is 5.29. The van der Waals surface area contributed by atoms with Gasteiger partial charge in [-0.3, -0.25) is 4.79 Å². The van der Waals surface area contributed by atoms with Crippen molar-refractivity contribution in [1.82, 2.24) is 9.62 Å². The number of carbonyl (C=O) groups is 1. The summed E-state index contributed by atoms with van der Waals surface area (Å²) in [5.74, 6) is -0.158. The van der Waals surface area contributed by atoms with Gasteiger partial charge in [0.15, 0.2) is 0 Å². The van der Waals surface area contributed by atoms with Crippen LogP contribution in [0.4, 0.5) is 0 Å². The molecule has 3 aromatic carbocycles. The van der Waals surface area contributed by atoms with Gasteiger partial charge >= 0.3 is 0 Å². The fourth-order valence-electron chi connectivity index (χ4n) is 3.28. The van der Waals surface area contributed by atoms with E-state index in [-0.39, 0.29) is 17.3 Å². The number of nitrogens with zero attached hydrogens (tertiary/aromatic N) is 1. The van der Waals surface area contributed by atoms with E-state index in [0.29, 0.717) is 18.7 Å². The second-order valence-corrected chi connectivity index (χ2v) is 9.49. The number of aryl methyl sites for hydroxylation is 2. The number of sulfonamides is 1. The monoisotopic (exact) mass is 436 g/mol. The average Bonchev–Trinajstić information content (AvgIpc) is 2.77. The van der Waals surface area contributed by atoms with E-state index in [1.54, 1.807) is 48.5 Å². The molecular weight excluding hydrogens is 408 g/mol. The van der Waals surface area contributed by atoms with Gasteiger partial charge < -0.3 is 5.32 Å².